The normalized spacial score (nSPS) is 25.5. The fourth-order valence-electron chi connectivity index (χ4n) is 4.89. The van der Waals surface area contributed by atoms with Crippen LogP contribution in [0.2, 0.25) is 0 Å². The van der Waals surface area contributed by atoms with Crippen LogP contribution in [0.3, 0.4) is 0 Å². The number of aliphatic imine (C=N–C) groups is 1. The van der Waals surface area contributed by atoms with Crippen LogP contribution in [0.25, 0.3) is 0 Å². The molecule has 2 aromatic rings. The molecule has 2 bridgehead atoms. The Kier molecular flexibility index (Phi) is 3.67. The predicted octanol–water partition coefficient (Wildman–Crippen LogP) is 4.77. The van der Waals surface area contributed by atoms with Crippen molar-refractivity contribution < 1.29 is 9.53 Å². The molecule has 27 heavy (non-hydrogen) atoms. The number of ether oxygens (including phenoxy) is 1. The van der Waals surface area contributed by atoms with E-state index in [2.05, 4.69) is 24.8 Å². The van der Waals surface area contributed by atoms with E-state index in [1.807, 2.05) is 41.3 Å². The number of rotatable bonds is 2. The highest BCUT2D eigenvalue weighted by Gasteiger charge is 2.55. The summed E-state index contributed by atoms with van der Waals surface area (Å²) < 4.78 is 5.62. The van der Waals surface area contributed by atoms with E-state index in [1.165, 1.54) is 11.1 Å². The minimum Gasteiger partial charge on any atom is -0.445 e. The molecule has 1 aliphatic carbocycles. The maximum atomic E-state index is 12.8. The molecule has 1 saturated carbocycles. The number of nitrogens with zero attached hydrogens (tertiary/aromatic N) is 2. The van der Waals surface area contributed by atoms with Gasteiger partial charge in [-0.3, -0.25) is 9.89 Å². The smallest absolute Gasteiger partial charge is 0.410 e. The van der Waals surface area contributed by atoms with Crippen molar-refractivity contribution in [2.75, 3.05) is 6.54 Å². The molecule has 136 valence electrons. The number of likely N-dealkylation sites (tertiary alicyclic amines) is 1. The van der Waals surface area contributed by atoms with E-state index in [-0.39, 0.29) is 17.6 Å². The van der Waals surface area contributed by atoms with Gasteiger partial charge in [-0.15, -0.1) is 0 Å². The molecule has 4 heteroatoms. The molecule has 1 saturated heterocycles. The number of carbonyl (C=O) groups is 1. The Morgan fingerprint density at radius 2 is 1.96 bits per heavy atom. The molecule has 0 spiro atoms. The van der Waals surface area contributed by atoms with E-state index < -0.39 is 0 Å². The number of carbonyl (C=O) groups excluding carboxylic acids is 1. The topological polar surface area (TPSA) is 41.9 Å². The first-order valence-electron chi connectivity index (χ1n) is 9.54. The van der Waals surface area contributed by atoms with Crippen LogP contribution in [-0.2, 0) is 16.8 Å². The van der Waals surface area contributed by atoms with E-state index in [0.717, 1.165) is 36.2 Å². The Hall–Kier alpha value is -2.88. The van der Waals surface area contributed by atoms with Gasteiger partial charge in [0.25, 0.3) is 0 Å². The molecule has 2 fully saturated rings. The molecular weight excluding hydrogens is 336 g/mol. The summed E-state index contributed by atoms with van der Waals surface area (Å²) in [4.78, 5) is 19.7. The molecule has 4 nitrogen and oxygen atoms in total. The van der Waals surface area contributed by atoms with E-state index in [1.54, 1.807) is 0 Å². The maximum absolute atomic E-state index is 12.8. The minimum absolute atomic E-state index is 0.0000710. The van der Waals surface area contributed by atoms with Crippen molar-refractivity contribution in [1.82, 2.24) is 4.90 Å². The van der Waals surface area contributed by atoms with Gasteiger partial charge in [0.1, 0.15) is 6.61 Å². The molecule has 0 aromatic heterocycles. The third kappa shape index (κ3) is 2.36. The number of piperidine rings is 1. The van der Waals surface area contributed by atoms with Crippen molar-refractivity contribution in [3.8, 4) is 0 Å². The number of amides is 1. The molecule has 2 aliphatic heterocycles. The minimum atomic E-state index is -0.247. The van der Waals surface area contributed by atoms with Gasteiger partial charge in [0.05, 0.1) is 22.9 Å². The summed E-state index contributed by atoms with van der Waals surface area (Å²) in [6, 6.07) is 18.1. The lowest BCUT2D eigenvalue weighted by Gasteiger charge is -2.50. The molecular formula is C23H22N2O2. The van der Waals surface area contributed by atoms with Gasteiger partial charge in [-0.2, -0.15) is 0 Å². The molecule has 2 heterocycles. The van der Waals surface area contributed by atoms with Crippen molar-refractivity contribution >= 4 is 17.5 Å². The zero-order valence-corrected chi connectivity index (χ0v) is 15.2. The number of hydrogen-bond acceptors (Lipinski definition) is 3. The monoisotopic (exact) mass is 358 g/mol. The first kappa shape index (κ1) is 16.3. The van der Waals surface area contributed by atoms with Crippen LogP contribution in [0.4, 0.5) is 10.5 Å². The highest BCUT2D eigenvalue weighted by atomic mass is 16.6. The summed E-state index contributed by atoms with van der Waals surface area (Å²) >= 11 is 0. The number of fused-ring (bicyclic) bond motifs is 1. The van der Waals surface area contributed by atoms with Crippen molar-refractivity contribution in [2.24, 2.45) is 4.99 Å². The first-order chi connectivity index (χ1) is 13.2. The van der Waals surface area contributed by atoms with Crippen molar-refractivity contribution in [3.05, 3.63) is 77.9 Å². The maximum Gasteiger partial charge on any atom is 0.410 e. The average Bonchev–Trinajstić information content (AvgIpc) is 3.07. The lowest BCUT2D eigenvalue weighted by Crippen LogP contribution is -2.60. The quantitative estimate of drug-likeness (QED) is 0.726. The second-order valence-electron chi connectivity index (χ2n) is 7.56. The second-order valence-corrected chi connectivity index (χ2v) is 7.56. The summed E-state index contributed by atoms with van der Waals surface area (Å²) in [5.74, 6) is 0. The van der Waals surface area contributed by atoms with Gasteiger partial charge in [-0.05, 0) is 36.5 Å². The SMILES string of the molecule is C=C1CCC2C3=Nc4ccccc4C13CCN2C(=O)OCc1ccccc1. The Bertz CT molecular complexity index is 950. The molecule has 0 N–H and O–H groups in total. The van der Waals surface area contributed by atoms with Crippen LogP contribution < -0.4 is 0 Å². The fraction of sp³-hybridized carbons (Fsp3) is 0.304. The second kappa shape index (κ2) is 6.08. The van der Waals surface area contributed by atoms with Crippen LogP contribution in [0.5, 0.6) is 0 Å². The fourth-order valence-corrected chi connectivity index (χ4v) is 4.89. The van der Waals surface area contributed by atoms with Crippen molar-refractivity contribution in [1.29, 1.82) is 0 Å². The van der Waals surface area contributed by atoms with Crippen LogP contribution in [0, 0.1) is 0 Å². The number of para-hydroxylation sites is 1. The van der Waals surface area contributed by atoms with E-state index in [4.69, 9.17) is 9.73 Å². The summed E-state index contributed by atoms with van der Waals surface area (Å²) in [5.41, 5.74) is 5.42. The van der Waals surface area contributed by atoms with Gasteiger partial charge in [0.15, 0.2) is 0 Å². The molecule has 1 amide bonds. The van der Waals surface area contributed by atoms with Crippen molar-refractivity contribution in [2.45, 2.75) is 37.3 Å². The summed E-state index contributed by atoms with van der Waals surface area (Å²) in [6.07, 6.45) is 2.37. The third-order valence-corrected chi connectivity index (χ3v) is 6.22. The standard InChI is InChI=1S/C23H22N2O2/c1-16-11-12-20-21-23(16,18-9-5-6-10-19(18)24-21)13-14-25(20)22(26)27-15-17-7-3-2-4-8-17/h2-10,20H,1,11-15H2. The molecule has 3 aliphatic rings. The Morgan fingerprint density at radius 1 is 1.19 bits per heavy atom. The number of benzene rings is 2. The summed E-state index contributed by atoms with van der Waals surface area (Å²) in [7, 11) is 0. The number of allylic oxidation sites excluding steroid dienone is 1. The van der Waals surface area contributed by atoms with E-state index >= 15 is 0 Å². The van der Waals surface area contributed by atoms with Gasteiger partial charge in [-0.25, -0.2) is 4.79 Å². The van der Waals surface area contributed by atoms with E-state index in [0.29, 0.717) is 13.2 Å². The number of hydrogen-bond donors (Lipinski definition) is 0. The van der Waals surface area contributed by atoms with Gasteiger partial charge >= 0.3 is 6.09 Å². The van der Waals surface area contributed by atoms with Crippen LogP contribution >= 0.6 is 0 Å². The van der Waals surface area contributed by atoms with Crippen LogP contribution in [0.1, 0.15) is 30.4 Å². The zero-order chi connectivity index (χ0) is 18.4. The molecule has 2 atom stereocenters. The van der Waals surface area contributed by atoms with Gasteiger partial charge in [0, 0.05) is 6.54 Å². The molecule has 2 aromatic carbocycles. The van der Waals surface area contributed by atoms with Crippen LogP contribution in [0.15, 0.2) is 71.7 Å². The van der Waals surface area contributed by atoms with Gasteiger partial charge < -0.3 is 4.74 Å². The average molecular weight is 358 g/mol. The third-order valence-electron chi connectivity index (χ3n) is 6.22. The Labute approximate surface area is 159 Å². The largest absolute Gasteiger partial charge is 0.445 e. The first-order valence-corrected chi connectivity index (χ1v) is 9.54. The lowest BCUT2D eigenvalue weighted by atomic mass is 9.61. The summed E-state index contributed by atoms with van der Waals surface area (Å²) in [5, 5.41) is 0. The zero-order valence-electron chi connectivity index (χ0n) is 15.2. The Balaban J connectivity index is 1.42. The summed E-state index contributed by atoms with van der Waals surface area (Å²) in [6.45, 7) is 5.37. The Morgan fingerprint density at radius 3 is 2.81 bits per heavy atom. The van der Waals surface area contributed by atoms with Crippen molar-refractivity contribution in [3.63, 3.8) is 0 Å². The lowest BCUT2D eigenvalue weighted by molar-refractivity contribution is 0.0784. The predicted molar refractivity (Wildman–Crippen MR) is 105 cm³/mol. The van der Waals surface area contributed by atoms with Gasteiger partial charge in [-0.1, -0.05) is 60.7 Å². The molecule has 0 radical (unpaired) electrons. The molecule has 5 rings (SSSR count). The van der Waals surface area contributed by atoms with Crippen LogP contribution in [-0.4, -0.2) is 29.3 Å². The van der Waals surface area contributed by atoms with Gasteiger partial charge in [0.2, 0.25) is 0 Å². The van der Waals surface area contributed by atoms with E-state index in [9.17, 15) is 4.79 Å². The highest BCUT2D eigenvalue weighted by molar-refractivity contribution is 6.10. The molecule has 2 unspecified atom stereocenters. The highest BCUT2D eigenvalue weighted by Crippen LogP contribution is 2.54.